The third-order valence-corrected chi connectivity index (χ3v) is 2.61. The van der Waals surface area contributed by atoms with Crippen LogP contribution in [0.2, 0.25) is 0 Å². The number of hydrogen-bond donors (Lipinski definition) is 2. The molecule has 1 aromatic heterocycles. The smallest absolute Gasteiger partial charge is 0.272 e. The van der Waals surface area contributed by atoms with E-state index in [0.29, 0.717) is 11.3 Å². The van der Waals surface area contributed by atoms with Crippen molar-refractivity contribution in [3.63, 3.8) is 0 Å². The topological polar surface area (TPSA) is 88.9 Å². The van der Waals surface area contributed by atoms with Crippen LogP contribution in [0.1, 0.15) is 16.8 Å². The summed E-state index contributed by atoms with van der Waals surface area (Å²) < 4.78 is 1.32. The van der Waals surface area contributed by atoms with Gasteiger partial charge in [-0.05, 0) is 12.1 Å². The van der Waals surface area contributed by atoms with Crippen LogP contribution in [0.15, 0.2) is 36.9 Å². The molecule has 7 nitrogen and oxygen atoms in total. The van der Waals surface area contributed by atoms with Crippen molar-refractivity contribution in [1.29, 1.82) is 0 Å². The molecule has 104 valence electrons. The summed E-state index contributed by atoms with van der Waals surface area (Å²) in [5.74, 6) is -0.405. The fraction of sp³-hybridized carbons (Fsp3) is 0.167. The Hall–Kier alpha value is -2.41. The Morgan fingerprint density at radius 2 is 1.90 bits per heavy atom. The molecule has 0 bridgehead atoms. The number of hydrogen-bond acceptors (Lipinski definition) is 4. The number of rotatable bonds is 5. The molecule has 2 N–H and O–H groups in total. The summed E-state index contributed by atoms with van der Waals surface area (Å²) in [7, 11) is 0. The molecule has 1 heterocycles. The van der Waals surface area contributed by atoms with Gasteiger partial charge < -0.3 is 5.32 Å². The standard InChI is InChI=1S/C12H12ClN5O2/c13-6-5-11(19)16-10-4-2-1-3-9(10)12(20)17-18-7-14-15-8-18/h1-4,7-8H,5-6H2,(H,16,19)(H,17,20). The average Bonchev–Trinajstić information content (AvgIpc) is 2.92. The van der Waals surface area contributed by atoms with Crippen LogP contribution in [0.4, 0.5) is 5.69 Å². The van der Waals surface area contributed by atoms with Gasteiger partial charge in [-0.25, -0.2) is 4.68 Å². The second kappa shape index (κ2) is 6.67. The molecular formula is C12H12ClN5O2. The van der Waals surface area contributed by atoms with Crippen LogP contribution in [0, 0.1) is 0 Å². The molecule has 0 saturated carbocycles. The highest BCUT2D eigenvalue weighted by molar-refractivity contribution is 6.19. The van der Waals surface area contributed by atoms with Crippen LogP contribution in [0.3, 0.4) is 0 Å². The van der Waals surface area contributed by atoms with Crippen LogP contribution in [0.5, 0.6) is 0 Å². The van der Waals surface area contributed by atoms with Crippen molar-refractivity contribution in [3.05, 3.63) is 42.5 Å². The first-order valence-corrected chi connectivity index (χ1v) is 6.35. The summed E-state index contributed by atoms with van der Waals surface area (Å²) >= 11 is 5.50. The van der Waals surface area contributed by atoms with E-state index in [1.807, 2.05) is 0 Å². The van der Waals surface area contributed by atoms with Crippen molar-refractivity contribution in [2.24, 2.45) is 0 Å². The number of carbonyl (C=O) groups excluding carboxylic acids is 2. The van der Waals surface area contributed by atoms with Gasteiger partial charge in [0.05, 0.1) is 11.3 Å². The number of anilines is 1. The number of carbonyl (C=O) groups is 2. The Balaban J connectivity index is 2.14. The van der Waals surface area contributed by atoms with Gasteiger partial charge in [0.25, 0.3) is 5.91 Å². The summed E-state index contributed by atoms with van der Waals surface area (Å²) in [5.41, 5.74) is 3.32. The molecule has 0 spiro atoms. The van der Waals surface area contributed by atoms with E-state index in [1.54, 1.807) is 24.3 Å². The van der Waals surface area contributed by atoms with Gasteiger partial charge in [0.1, 0.15) is 12.7 Å². The number of halogens is 1. The predicted molar refractivity (Wildman–Crippen MR) is 74.1 cm³/mol. The van der Waals surface area contributed by atoms with Gasteiger partial charge >= 0.3 is 0 Å². The summed E-state index contributed by atoms with van der Waals surface area (Å²) in [6.07, 6.45) is 2.89. The fourth-order valence-corrected chi connectivity index (χ4v) is 1.70. The van der Waals surface area contributed by atoms with Crippen LogP contribution in [0.25, 0.3) is 0 Å². The number of nitrogens with one attached hydrogen (secondary N) is 2. The zero-order chi connectivity index (χ0) is 14.4. The molecule has 0 unspecified atom stereocenters. The molecule has 0 saturated heterocycles. The number of benzene rings is 1. The molecule has 0 fully saturated rings. The molecule has 20 heavy (non-hydrogen) atoms. The third kappa shape index (κ3) is 3.55. The molecule has 1 aromatic carbocycles. The monoisotopic (exact) mass is 293 g/mol. The molecular weight excluding hydrogens is 282 g/mol. The summed E-state index contributed by atoms with van der Waals surface area (Å²) in [5, 5.41) is 9.80. The minimum absolute atomic E-state index is 0.183. The molecule has 2 rings (SSSR count). The maximum absolute atomic E-state index is 12.1. The zero-order valence-electron chi connectivity index (χ0n) is 10.4. The van der Waals surface area contributed by atoms with Crippen molar-refractivity contribution in [2.75, 3.05) is 16.6 Å². The molecule has 2 aromatic rings. The number of aromatic nitrogens is 3. The van der Waals surface area contributed by atoms with Gasteiger partial charge in [-0.1, -0.05) is 12.1 Å². The normalized spacial score (nSPS) is 10.1. The lowest BCUT2D eigenvalue weighted by molar-refractivity contribution is -0.115. The van der Waals surface area contributed by atoms with Crippen molar-refractivity contribution in [1.82, 2.24) is 14.9 Å². The van der Waals surface area contributed by atoms with E-state index >= 15 is 0 Å². The van der Waals surface area contributed by atoms with Gasteiger partial charge in [-0.15, -0.1) is 21.8 Å². The van der Waals surface area contributed by atoms with Crippen molar-refractivity contribution in [2.45, 2.75) is 6.42 Å². The van der Waals surface area contributed by atoms with Gasteiger partial charge in [-0.3, -0.25) is 15.0 Å². The maximum Gasteiger partial charge on any atom is 0.272 e. The first-order chi connectivity index (χ1) is 9.70. The first kappa shape index (κ1) is 14.0. The third-order valence-electron chi connectivity index (χ3n) is 2.42. The van der Waals surface area contributed by atoms with Gasteiger partial charge in [0.15, 0.2) is 0 Å². The number of nitrogens with zero attached hydrogens (tertiary/aromatic N) is 3. The Labute approximate surface area is 119 Å². The quantitative estimate of drug-likeness (QED) is 0.812. The van der Waals surface area contributed by atoms with Gasteiger partial charge in [0.2, 0.25) is 5.91 Å². The van der Waals surface area contributed by atoms with Crippen LogP contribution in [-0.4, -0.2) is 32.6 Å². The number of alkyl halides is 1. The summed E-state index contributed by atoms with van der Waals surface area (Å²) in [6.45, 7) is 0. The van der Waals surface area contributed by atoms with Crippen molar-refractivity contribution in [3.8, 4) is 0 Å². The Morgan fingerprint density at radius 1 is 1.20 bits per heavy atom. The van der Waals surface area contributed by atoms with E-state index in [2.05, 4.69) is 20.9 Å². The van der Waals surface area contributed by atoms with E-state index in [-0.39, 0.29) is 24.1 Å². The Kier molecular flexibility index (Phi) is 4.67. The number of para-hydroxylation sites is 1. The lowest BCUT2D eigenvalue weighted by Gasteiger charge is -2.10. The van der Waals surface area contributed by atoms with E-state index in [0.717, 1.165) is 0 Å². The highest BCUT2D eigenvalue weighted by Crippen LogP contribution is 2.15. The van der Waals surface area contributed by atoms with E-state index in [1.165, 1.54) is 17.3 Å². The second-order valence-corrected chi connectivity index (χ2v) is 4.22. The van der Waals surface area contributed by atoms with Crippen molar-refractivity contribution < 1.29 is 9.59 Å². The molecule has 0 aliphatic carbocycles. The molecule has 2 amide bonds. The SMILES string of the molecule is O=C(CCCl)Nc1ccccc1C(=O)Nn1cnnc1. The molecule has 0 aliphatic heterocycles. The molecule has 0 atom stereocenters. The van der Waals surface area contributed by atoms with E-state index < -0.39 is 0 Å². The first-order valence-electron chi connectivity index (χ1n) is 5.81. The average molecular weight is 294 g/mol. The molecule has 0 radical (unpaired) electrons. The minimum atomic E-state index is -0.383. The minimum Gasteiger partial charge on any atom is -0.325 e. The predicted octanol–water partition coefficient (Wildman–Crippen LogP) is 1.23. The molecule has 8 heteroatoms. The fourth-order valence-electron chi connectivity index (χ4n) is 1.52. The summed E-state index contributed by atoms with van der Waals surface area (Å²) in [6, 6.07) is 6.69. The number of amides is 2. The Morgan fingerprint density at radius 3 is 2.60 bits per heavy atom. The maximum atomic E-state index is 12.1. The second-order valence-electron chi connectivity index (χ2n) is 3.84. The lowest BCUT2D eigenvalue weighted by atomic mass is 10.1. The zero-order valence-corrected chi connectivity index (χ0v) is 11.2. The van der Waals surface area contributed by atoms with Gasteiger partial charge in [-0.2, -0.15) is 0 Å². The van der Waals surface area contributed by atoms with Crippen molar-refractivity contribution >= 4 is 29.1 Å². The van der Waals surface area contributed by atoms with E-state index in [9.17, 15) is 9.59 Å². The van der Waals surface area contributed by atoms with Crippen LogP contribution >= 0.6 is 11.6 Å². The lowest BCUT2D eigenvalue weighted by Crippen LogP contribution is -2.23. The van der Waals surface area contributed by atoms with Gasteiger partial charge in [0, 0.05) is 12.3 Å². The highest BCUT2D eigenvalue weighted by Gasteiger charge is 2.13. The Bertz CT molecular complexity index is 600. The van der Waals surface area contributed by atoms with E-state index in [4.69, 9.17) is 11.6 Å². The molecule has 0 aliphatic rings. The largest absolute Gasteiger partial charge is 0.325 e. The van der Waals surface area contributed by atoms with Crippen LogP contribution < -0.4 is 10.7 Å². The highest BCUT2D eigenvalue weighted by atomic mass is 35.5. The summed E-state index contributed by atoms with van der Waals surface area (Å²) in [4.78, 5) is 23.7. The van der Waals surface area contributed by atoms with Crippen LogP contribution in [-0.2, 0) is 4.79 Å².